The minimum absolute atomic E-state index is 0.525. The summed E-state index contributed by atoms with van der Waals surface area (Å²) in [6.07, 6.45) is 0. The molecule has 0 fully saturated rings. The van der Waals surface area contributed by atoms with Crippen molar-refractivity contribution in [3.63, 3.8) is 0 Å². The molecular weight excluding hydrogens is 777 g/mol. The van der Waals surface area contributed by atoms with Gasteiger partial charge in [-0.3, -0.25) is 0 Å². The SMILES string of the molecule is c1ccc2cc(COCc3csc(-c4sc5ccccc5[s+]4)c3-c3c(COCc4ccc5ccccc5c4)csc3-c3sc4ccccc4[s+]3)ccc2c1. The van der Waals surface area contributed by atoms with Crippen LogP contribution in [0, 0.1) is 0 Å². The van der Waals surface area contributed by atoms with Gasteiger partial charge in [0.25, 0.3) is 8.38 Å². The molecule has 0 N–H and O–H groups in total. The maximum absolute atomic E-state index is 6.60. The molecule has 0 aliphatic heterocycles. The van der Waals surface area contributed by atoms with E-state index in [2.05, 4.69) is 144 Å². The van der Waals surface area contributed by atoms with Gasteiger partial charge in [-0.15, -0.1) is 22.7 Å². The Morgan fingerprint density at radius 2 is 0.852 bits per heavy atom. The zero-order valence-corrected chi connectivity index (χ0v) is 33.8. The van der Waals surface area contributed by atoms with E-state index in [9.17, 15) is 0 Å². The average molecular weight is 809 g/mol. The van der Waals surface area contributed by atoms with Crippen LogP contribution in [-0.4, -0.2) is 0 Å². The summed E-state index contributed by atoms with van der Waals surface area (Å²) >= 11 is 11.2. The lowest BCUT2D eigenvalue weighted by Gasteiger charge is -2.11. The number of rotatable bonds is 11. The lowest BCUT2D eigenvalue weighted by atomic mass is 9.99. The van der Waals surface area contributed by atoms with E-state index in [0.717, 1.165) is 0 Å². The molecule has 2 nitrogen and oxygen atoms in total. The second kappa shape index (κ2) is 15.1. The monoisotopic (exact) mass is 808 g/mol. The van der Waals surface area contributed by atoms with Gasteiger partial charge in [0.1, 0.15) is 9.75 Å². The number of fused-ring (bicyclic) bond motifs is 4. The molecule has 0 atom stereocenters. The molecule has 10 aromatic rings. The Bertz CT molecular complexity index is 2660. The minimum Gasteiger partial charge on any atom is -0.372 e. The maximum atomic E-state index is 6.60. The van der Waals surface area contributed by atoms with E-state index in [1.54, 1.807) is 0 Å². The quantitative estimate of drug-likeness (QED) is 0.121. The van der Waals surface area contributed by atoms with Crippen LogP contribution in [0.1, 0.15) is 22.3 Å². The summed E-state index contributed by atoms with van der Waals surface area (Å²) in [5, 5.41) is 9.64. The molecule has 6 aromatic carbocycles. The highest BCUT2D eigenvalue weighted by Crippen LogP contribution is 2.54. The van der Waals surface area contributed by atoms with E-state index < -0.39 is 0 Å². The molecule has 4 aromatic heterocycles. The van der Waals surface area contributed by atoms with E-state index in [0.29, 0.717) is 26.4 Å². The van der Waals surface area contributed by atoms with Crippen molar-refractivity contribution >= 4 is 108 Å². The third-order valence-electron chi connectivity index (χ3n) is 9.54. The van der Waals surface area contributed by atoms with Crippen LogP contribution in [0.3, 0.4) is 0 Å². The van der Waals surface area contributed by atoms with E-state index >= 15 is 0 Å². The highest BCUT2D eigenvalue weighted by atomic mass is 32.2. The molecule has 10 rings (SSSR count). The number of hydrogen-bond acceptors (Lipinski definition) is 6. The number of hydrogen-bond donors (Lipinski definition) is 0. The van der Waals surface area contributed by atoms with Crippen molar-refractivity contribution in [2.75, 3.05) is 0 Å². The zero-order valence-electron chi connectivity index (χ0n) is 29.0. The van der Waals surface area contributed by atoms with Gasteiger partial charge in [-0.1, -0.05) is 97.1 Å². The van der Waals surface area contributed by atoms with Crippen LogP contribution in [0.15, 0.2) is 144 Å². The van der Waals surface area contributed by atoms with Gasteiger partial charge in [0.15, 0.2) is 18.8 Å². The van der Waals surface area contributed by atoms with Gasteiger partial charge in [0.2, 0.25) is 0 Å². The smallest absolute Gasteiger partial charge is 0.296 e. The van der Waals surface area contributed by atoms with Gasteiger partial charge in [-0.2, -0.15) is 0 Å². The van der Waals surface area contributed by atoms with Crippen molar-refractivity contribution < 1.29 is 9.47 Å². The molecular formula is C46H32O2S6+2. The van der Waals surface area contributed by atoms with Gasteiger partial charge < -0.3 is 9.47 Å². The molecule has 0 aliphatic carbocycles. The van der Waals surface area contributed by atoms with Crippen LogP contribution in [-0.2, 0) is 35.9 Å². The maximum Gasteiger partial charge on any atom is 0.296 e. The third kappa shape index (κ3) is 6.82. The first kappa shape index (κ1) is 34.3. The Labute approximate surface area is 337 Å². The Morgan fingerprint density at radius 1 is 0.426 bits per heavy atom. The minimum atomic E-state index is 0.525. The summed E-state index contributed by atoms with van der Waals surface area (Å²) < 4.78 is 21.1. The van der Waals surface area contributed by atoms with Gasteiger partial charge in [0, 0.05) is 11.1 Å². The normalized spacial score (nSPS) is 11.8. The largest absolute Gasteiger partial charge is 0.372 e. The molecule has 54 heavy (non-hydrogen) atoms. The average Bonchev–Trinajstić information content (AvgIpc) is 4.02. The third-order valence-corrected chi connectivity index (χ3v) is 17.3. The van der Waals surface area contributed by atoms with Crippen LogP contribution >= 0.6 is 68.0 Å². The highest BCUT2D eigenvalue weighted by Gasteiger charge is 2.32. The van der Waals surface area contributed by atoms with Crippen molar-refractivity contribution in [2.24, 2.45) is 0 Å². The molecule has 0 spiro atoms. The molecule has 0 saturated heterocycles. The Morgan fingerprint density at radius 3 is 1.31 bits per heavy atom. The summed E-state index contributed by atoms with van der Waals surface area (Å²) in [5.74, 6) is 0. The first-order chi connectivity index (χ1) is 26.7. The molecule has 262 valence electrons. The molecule has 0 bridgehead atoms. The van der Waals surface area contributed by atoms with Crippen molar-refractivity contribution in [2.45, 2.75) is 26.4 Å². The lowest BCUT2D eigenvalue weighted by Crippen LogP contribution is -1.98. The molecule has 8 heteroatoms. The van der Waals surface area contributed by atoms with Crippen LogP contribution in [0.4, 0.5) is 0 Å². The second-order valence-corrected chi connectivity index (χ2v) is 19.6. The Kier molecular flexibility index (Phi) is 9.61. The van der Waals surface area contributed by atoms with Crippen molar-refractivity contribution in [3.05, 3.63) is 166 Å². The number of ether oxygens (including phenoxy) is 2. The predicted molar refractivity (Wildman–Crippen MR) is 239 cm³/mol. The summed E-state index contributed by atoms with van der Waals surface area (Å²) in [6, 6.07) is 47.8. The molecule has 0 unspecified atom stereocenters. The van der Waals surface area contributed by atoms with Crippen LogP contribution in [0.5, 0.6) is 0 Å². The molecule has 4 heterocycles. The first-order valence-corrected chi connectivity index (χ1v) is 22.7. The van der Waals surface area contributed by atoms with Gasteiger partial charge in [0.05, 0.1) is 71.8 Å². The van der Waals surface area contributed by atoms with E-state index in [-0.39, 0.29) is 0 Å². The fraction of sp³-hybridized carbons (Fsp3) is 0.0870. The van der Waals surface area contributed by atoms with Crippen molar-refractivity contribution in [1.29, 1.82) is 0 Å². The van der Waals surface area contributed by atoms with Crippen LogP contribution in [0.25, 0.3) is 69.6 Å². The summed E-state index contributed by atoms with van der Waals surface area (Å²) in [4.78, 5) is 2.62. The number of benzene rings is 6. The summed E-state index contributed by atoms with van der Waals surface area (Å²) in [7, 11) is 0. The zero-order chi connectivity index (χ0) is 35.8. The topological polar surface area (TPSA) is 18.5 Å². The van der Waals surface area contributed by atoms with E-state index in [1.165, 1.54) is 91.9 Å². The van der Waals surface area contributed by atoms with Crippen molar-refractivity contribution in [1.82, 2.24) is 0 Å². The van der Waals surface area contributed by atoms with E-state index in [1.807, 2.05) is 68.0 Å². The van der Waals surface area contributed by atoms with Gasteiger partial charge in [-0.25, -0.2) is 0 Å². The van der Waals surface area contributed by atoms with Crippen LogP contribution in [0.2, 0.25) is 0 Å². The fourth-order valence-corrected chi connectivity index (χ4v) is 14.5. The summed E-state index contributed by atoms with van der Waals surface area (Å²) in [5.41, 5.74) is 7.38. The van der Waals surface area contributed by atoms with E-state index in [4.69, 9.17) is 9.47 Å². The van der Waals surface area contributed by atoms with Gasteiger partial charge >= 0.3 is 0 Å². The summed E-state index contributed by atoms with van der Waals surface area (Å²) in [6.45, 7) is 2.16. The molecule has 0 aliphatic rings. The molecule has 0 saturated carbocycles. The van der Waals surface area contributed by atoms with Gasteiger partial charge in [-0.05, 0) is 91.0 Å². The van der Waals surface area contributed by atoms with Crippen molar-refractivity contribution in [3.8, 4) is 29.3 Å². The predicted octanol–water partition coefficient (Wildman–Crippen LogP) is 15.7. The lowest BCUT2D eigenvalue weighted by molar-refractivity contribution is 0.107. The second-order valence-electron chi connectivity index (χ2n) is 13.2. The molecule has 0 amide bonds. The Hall–Kier alpha value is -4.22. The Balaban J connectivity index is 1.05. The number of thiophene rings is 2. The standard InChI is InChI=1S/C46H32O2S6/c1-3-11-33-21-29(17-19-31(33)9-1)23-47-25-35-27-49-43(45-51-37-13-5-6-14-38(37)52-45)41(35)42-36(26-48-24-30-18-20-32-10-2-4-12-34(32)22-30)28-50-44(42)46-53-39-15-7-8-16-40(39)54-46/h1-22,27-28H,23-26H2/q+2. The molecule has 0 radical (unpaired) electrons. The first-order valence-electron chi connectivity index (χ1n) is 17.7. The highest BCUT2D eigenvalue weighted by molar-refractivity contribution is 7.45. The van der Waals surface area contributed by atoms with Crippen LogP contribution < -0.4 is 0 Å². The fourth-order valence-electron chi connectivity index (χ4n) is 6.93.